The highest BCUT2D eigenvalue weighted by atomic mass is 32.2. The molecule has 0 atom stereocenters. The van der Waals surface area contributed by atoms with Crippen molar-refractivity contribution >= 4 is 10.0 Å². The number of hydrogen-bond donors (Lipinski definition) is 0. The second-order valence-corrected chi connectivity index (χ2v) is 5.84. The Morgan fingerprint density at radius 2 is 2.08 bits per heavy atom. The normalized spacial score (nSPS) is 23.6. The Balaban J connectivity index is 2.43. The molecule has 0 bridgehead atoms. The summed E-state index contributed by atoms with van der Waals surface area (Å²) in [5.74, 6) is 0.936. The highest BCUT2D eigenvalue weighted by Gasteiger charge is 2.27. The molecule has 1 aliphatic heterocycles. The summed E-state index contributed by atoms with van der Waals surface area (Å²) in [6.45, 7) is 5.67. The van der Waals surface area contributed by atoms with Gasteiger partial charge >= 0.3 is 0 Å². The van der Waals surface area contributed by atoms with Crippen molar-refractivity contribution in [3.05, 3.63) is 0 Å². The van der Waals surface area contributed by atoms with Crippen molar-refractivity contribution in [2.45, 2.75) is 26.7 Å². The molecule has 0 aromatic carbocycles. The zero-order valence-electron chi connectivity index (χ0n) is 7.78. The van der Waals surface area contributed by atoms with E-state index in [2.05, 4.69) is 13.8 Å². The molecule has 0 aliphatic carbocycles. The largest absolute Gasteiger partial charge is 0.214 e. The SMILES string of the molecule is CC(C)CCN1CCCS1(=O)=O. The molecule has 1 aliphatic rings. The van der Waals surface area contributed by atoms with Gasteiger partial charge in [-0.05, 0) is 18.8 Å². The Labute approximate surface area is 74.8 Å². The summed E-state index contributed by atoms with van der Waals surface area (Å²) in [7, 11) is -2.85. The Morgan fingerprint density at radius 1 is 1.42 bits per heavy atom. The van der Waals surface area contributed by atoms with E-state index in [0.29, 0.717) is 18.2 Å². The van der Waals surface area contributed by atoms with Crippen LogP contribution in [0, 0.1) is 5.92 Å². The van der Waals surface area contributed by atoms with Crippen molar-refractivity contribution in [3.63, 3.8) is 0 Å². The van der Waals surface area contributed by atoms with Gasteiger partial charge in [-0.15, -0.1) is 0 Å². The Kier molecular flexibility index (Phi) is 3.12. The molecule has 1 fully saturated rings. The number of rotatable bonds is 3. The van der Waals surface area contributed by atoms with Gasteiger partial charge in [-0.3, -0.25) is 0 Å². The van der Waals surface area contributed by atoms with E-state index in [1.807, 2.05) is 0 Å². The molecule has 0 spiro atoms. The molecule has 1 rings (SSSR count). The molecule has 12 heavy (non-hydrogen) atoms. The van der Waals surface area contributed by atoms with Gasteiger partial charge in [0.05, 0.1) is 5.75 Å². The van der Waals surface area contributed by atoms with Gasteiger partial charge in [-0.25, -0.2) is 12.7 Å². The zero-order chi connectivity index (χ0) is 9.19. The van der Waals surface area contributed by atoms with E-state index in [1.54, 1.807) is 4.31 Å². The first kappa shape index (κ1) is 9.99. The summed E-state index contributed by atoms with van der Waals surface area (Å²) in [4.78, 5) is 0. The van der Waals surface area contributed by atoms with Crippen LogP contribution >= 0.6 is 0 Å². The quantitative estimate of drug-likeness (QED) is 0.669. The van der Waals surface area contributed by atoms with Gasteiger partial charge in [0.1, 0.15) is 0 Å². The molecule has 0 radical (unpaired) electrons. The lowest BCUT2D eigenvalue weighted by molar-refractivity contribution is 0.405. The lowest BCUT2D eigenvalue weighted by Gasteiger charge is -2.14. The van der Waals surface area contributed by atoms with Gasteiger partial charge < -0.3 is 0 Å². The minimum atomic E-state index is -2.85. The number of sulfonamides is 1. The summed E-state index contributed by atoms with van der Waals surface area (Å²) in [5.41, 5.74) is 0. The molecule has 0 amide bonds. The van der Waals surface area contributed by atoms with E-state index in [4.69, 9.17) is 0 Å². The van der Waals surface area contributed by atoms with Crippen LogP contribution in [0.3, 0.4) is 0 Å². The summed E-state index contributed by atoms with van der Waals surface area (Å²) < 4.78 is 24.2. The molecule has 3 nitrogen and oxygen atoms in total. The van der Waals surface area contributed by atoms with Crippen LogP contribution in [0.15, 0.2) is 0 Å². The van der Waals surface area contributed by atoms with Crippen molar-refractivity contribution in [1.29, 1.82) is 0 Å². The Bertz CT molecular complexity index is 233. The fourth-order valence-electron chi connectivity index (χ4n) is 1.34. The van der Waals surface area contributed by atoms with Crippen molar-refractivity contribution in [1.82, 2.24) is 4.31 Å². The maximum absolute atomic E-state index is 11.3. The van der Waals surface area contributed by atoms with Crippen LogP contribution in [0.25, 0.3) is 0 Å². The Morgan fingerprint density at radius 3 is 2.50 bits per heavy atom. The molecule has 1 heterocycles. The van der Waals surface area contributed by atoms with Gasteiger partial charge in [0, 0.05) is 13.1 Å². The molecule has 72 valence electrons. The summed E-state index contributed by atoms with van der Waals surface area (Å²) in [6, 6.07) is 0. The van der Waals surface area contributed by atoms with E-state index in [-0.39, 0.29) is 0 Å². The lowest BCUT2D eigenvalue weighted by atomic mass is 10.1. The monoisotopic (exact) mass is 191 g/mol. The van der Waals surface area contributed by atoms with E-state index in [1.165, 1.54) is 0 Å². The smallest absolute Gasteiger partial charge is 0.212 e. The van der Waals surface area contributed by atoms with Crippen molar-refractivity contribution in [2.75, 3.05) is 18.8 Å². The second kappa shape index (κ2) is 3.75. The highest BCUT2D eigenvalue weighted by Crippen LogP contribution is 2.14. The number of nitrogens with zero attached hydrogens (tertiary/aromatic N) is 1. The molecule has 0 saturated carbocycles. The molecule has 4 heteroatoms. The first-order chi connectivity index (χ1) is 5.52. The van der Waals surface area contributed by atoms with Gasteiger partial charge in [0.2, 0.25) is 10.0 Å². The highest BCUT2D eigenvalue weighted by molar-refractivity contribution is 7.89. The molecule has 1 saturated heterocycles. The van der Waals surface area contributed by atoms with Gasteiger partial charge in [-0.1, -0.05) is 13.8 Å². The van der Waals surface area contributed by atoms with Crippen LogP contribution in [-0.4, -0.2) is 31.6 Å². The first-order valence-electron chi connectivity index (χ1n) is 4.50. The zero-order valence-corrected chi connectivity index (χ0v) is 8.60. The standard InChI is InChI=1S/C8H17NO2S/c1-8(2)4-6-9-5-3-7-12(9,10)11/h8H,3-7H2,1-2H3. The third kappa shape index (κ3) is 2.45. The van der Waals surface area contributed by atoms with Crippen LogP contribution < -0.4 is 0 Å². The van der Waals surface area contributed by atoms with Crippen LogP contribution in [-0.2, 0) is 10.0 Å². The molecule has 0 N–H and O–H groups in total. The minimum absolute atomic E-state index is 0.352. The average Bonchev–Trinajstić information content (AvgIpc) is 2.25. The van der Waals surface area contributed by atoms with Crippen LogP contribution in [0.2, 0.25) is 0 Å². The molecular formula is C8H17NO2S. The third-order valence-corrected chi connectivity index (χ3v) is 4.12. The molecular weight excluding hydrogens is 174 g/mol. The van der Waals surface area contributed by atoms with E-state index in [9.17, 15) is 8.42 Å². The van der Waals surface area contributed by atoms with Crippen molar-refractivity contribution in [3.8, 4) is 0 Å². The van der Waals surface area contributed by atoms with Crippen molar-refractivity contribution in [2.24, 2.45) is 5.92 Å². The summed E-state index contributed by atoms with van der Waals surface area (Å²) in [5, 5.41) is 0. The maximum Gasteiger partial charge on any atom is 0.214 e. The predicted octanol–water partition coefficient (Wildman–Crippen LogP) is 1.07. The van der Waals surface area contributed by atoms with Crippen LogP contribution in [0.5, 0.6) is 0 Å². The third-order valence-electron chi connectivity index (χ3n) is 2.16. The molecule has 0 aromatic rings. The topological polar surface area (TPSA) is 37.4 Å². The van der Waals surface area contributed by atoms with E-state index in [0.717, 1.165) is 19.4 Å². The van der Waals surface area contributed by atoms with Gasteiger partial charge in [0.25, 0.3) is 0 Å². The maximum atomic E-state index is 11.3. The molecule has 0 aromatic heterocycles. The van der Waals surface area contributed by atoms with E-state index >= 15 is 0 Å². The van der Waals surface area contributed by atoms with Crippen molar-refractivity contribution < 1.29 is 8.42 Å². The lowest BCUT2D eigenvalue weighted by Crippen LogP contribution is -2.27. The van der Waals surface area contributed by atoms with Gasteiger partial charge in [-0.2, -0.15) is 0 Å². The fourth-order valence-corrected chi connectivity index (χ4v) is 2.89. The number of hydrogen-bond acceptors (Lipinski definition) is 2. The summed E-state index contributed by atoms with van der Waals surface area (Å²) in [6.07, 6.45) is 1.78. The second-order valence-electron chi connectivity index (χ2n) is 3.75. The van der Waals surface area contributed by atoms with E-state index < -0.39 is 10.0 Å². The average molecular weight is 191 g/mol. The molecule has 0 unspecified atom stereocenters. The fraction of sp³-hybridized carbons (Fsp3) is 1.00. The van der Waals surface area contributed by atoms with Gasteiger partial charge in [0.15, 0.2) is 0 Å². The first-order valence-corrected chi connectivity index (χ1v) is 6.11. The predicted molar refractivity (Wildman–Crippen MR) is 49.4 cm³/mol. The van der Waals surface area contributed by atoms with Crippen LogP contribution in [0.4, 0.5) is 0 Å². The minimum Gasteiger partial charge on any atom is -0.212 e. The summed E-state index contributed by atoms with van der Waals surface area (Å²) >= 11 is 0. The van der Waals surface area contributed by atoms with Crippen LogP contribution in [0.1, 0.15) is 26.7 Å². The Hall–Kier alpha value is -0.0900.